The summed E-state index contributed by atoms with van der Waals surface area (Å²) in [5, 5.41) is 13.6. The zero-order valence-corrected chi connectivity index (χ0v) is 16.9. The second-order valence-electron chi connectivity index (χ2n) is 6.60. The molecule has 0 aromatic heterocycles. The van der Waals surface area contributed by atoms with Crippen LogP contribution in [0.2, 0.25) is 0 Å². The molecule has 0 aliphatic carbocycles. The number of guanidine groups is 1. The molecule has 13 heteroatoms. The maximum atomic E-state index is 12.7. The summed E-state index contributed by atoms with van der Waals surface area (Å²) in [5.41, 5.74) is 16.2. The van der Waals surface area contributed by atoms with Crippen molar-refractivity contribution in [2.45, 2.75) is 43.8 Å². The van der Waals surface area contributed by atoms with E-state index in [1.165, 1.54) is 4.90 Å². The molecule has 3 atom stereocenters. The van der Waals surface area contributed by atoms with Crippen molar-refractivity contribution in [3.63, 3.8) is 0 Å². The molecule has 1 fully saturated rings. The van der Waals surface area contributed by atoms with Crippen molar-refractivity contribution < 1.29 is 24.3 Å². The van der Waals surface area contributed by atoms with Crippen molar-refractivity contribution >= 4 is 42.3 Å². The Labute approximate surface area is 174 Å². The number of thiol groups is 1. The molecule has 3 amide bonds. The van der Waals surface area contributed by atoms with Crippen molar-refractivity contribution in [3.05, 3.63) is 0 Å². The first-order valence-corrected chi connectivity index (χ1v) is 9.82. The van der Waals surface area contributed by atoms with Gasteiger partial charge in [0.1, 0.15) is 18.6 Å². The molecule has 29 heavy (non-hydrogen) atoms. The van der Waals surface area contributed by atoms with Crippen LogP contribution < -0.4 is 27.8 Å². The number of amides is 3. The minimum absolute atomic E-state index is 0.0958. The Morgan fingerprint density at radius 1 is 1.28 bits per heavy atom. The van der Waals surface area contributed by atoms with E-state index in [0.717, 1.165) is 0 Å². The van der Waals surface area contributed by atoms with Gasteiger partial charge in [0.25, 0.3) is 0 Å². The minimum atomic E-state index is -1.21. The quantitative estimate of drug-likeness (QED) is 0.0773. The number of rotatable bonds is 11. The summed E-state index contributed by atoms with van der Waals surface area (Å²) in [7, 11) is 0. The van der Waals surface area contributed by atoms with Gasteiger partial charge in [-0.25, -0.2) is 0 Å². The summed E-state index contributed by atoms with van der Waals surface area (Å²) in [5.74, 6) is -2.68. The van der Waals surface area contributed by atoms with Gasteiger partial charge in [0.15, 0.2) is 5.96 Å². The van der Waals surface area contributed by atoms with E-state index in [9.17, 15) is 19.2 Å². The molecule has 0 radical (unpaired) electrons. The number of carbonyl (C=O) groups is 4. The number of carboxylic acid groups (broad SMARTS) is 1. The lowest BCUT2D eigenvalue weighted by molar-refractivity contribution is -0.140. The van der Waals surface area contributed by atoms with E-state index in [1.807, 2.05) is 0 Å². The molecule has 1 rings (SSSR count). The number of nitrogens with zero attached hydrogens (tertiary/aromatic N) is 2. The smallest absolute Gasteiger partial charge is 0.322 e. The van der Waals surface area contributed by atoms with Crippen molar-refractivity contribution in [2.24, 2.45) is 22.2 Å². The first-order valence-electron chi connectivity index (χ1n) is 9.19. The monoisotopic (exact) mass is 431 g/mol. The summed E-state index contributed by atoms with van der Waals surface area (Å²) in [6, 6.07) is -2.56. The highest BCUT2D eigenvalue weighted by Crippen LogP contribution is 2.19. The molecule has 0 aromatic carbocycles. The van der Waals surface area contributed by atoms with Gasteiger partial charge in [-0.1, -0.05) is 0 Å². The van der Waals surface area contributed by atoms with Crippen LogP contribution in [0.4, 0.5) is 0 Å². The van der Waals surface area contributed by atoms with Gasteiger partial charge in [0.05, 0.1) is 6.04 Å². The summed E-state index contributed by atoms with van der Waals surface area (Å²) in [4.78, 5) is 53.3. The Morgan fingerprint density at radius 3 is 2.55 bits per heavy atom. The number of carbonyl (C=O) groups excluding carboxylic acids is 3. The summed E-state index contributed by atoms with van der Waals surface area (Å²) >= 11 is 4.01. The second-order valence-corrected chi connectivity index (χ2v) is 6.97. The molecule has 12 nitrogen and oxygen atoms in total. The van der Waals surface area contributed by atoms with Crippen LogP contribution in [0.3, 0.4) is 0 Å². The number of aliphatic carboxylic acids is 1. The zero-order valence-electron chi connectivity index (χ0n) is 16.0. The number of nitrogens with two attached hydrogens (primary N) is 3. The lowest BCUT2D eigenvalue weighted by Gasteiger charge is -2.28. The van der Waals surface area contributed by atoms with Gasteiger partial charge in [0.2, 0.25) is 17.7 Å². The van der Waals surface area contributed by atoms with Crippen molar-refractivity contribution in [1.82, 2.24) is 15.5 Å². The predicted octanol–water partition coefficient (Wildman–Crippen LogP) is -3.03. The normalized spacial score (nSPS) is 17.9. The minimum Gasteiger partial charge on any atom is -0.480 e. The van der Waals surface area contributed by atoms with Crippen LogP contribution in [-0.4, -0.2) is 83.2 Å². The largest absolute Gasteiger partial charge is 0.480 e. The number of nitrogens with one attached hydrogen (secondary N) is 2. The maximum absolute atomic E-state index is 12.7. The highest BCUT2D eigenvalue weighted by Gasteiger charge is 2.37. The van der Waals surface area contributed by atoms with Crippen LogP contribution in [0.5, 0.6) is 0 Å². The van der Waals surface area contributed by atoms with E-state index in [4.69, 9.17) is 22.3 Å². The van der Waals surface area contributed by atoms with Crippen molar-refractivity contribution in [1.29, 1.82) is 0 Å². The molecule has 1 aliphatic rings. The molecule has 0 bridgehead atoms. The fraction of sp³-hybridized carbons (Fsp3) is 0.688. The van der Waals surface area contributed by atoms with E-state index in [-0.39, 0.29) is 30.6 Å². The molecule has 3 unspecified atom stereocenters. The highest BCUT2D eigenvalue weighted by molar-refractivity contribution is 7.80. The second kappa shape index (κ2) is 12.1. The van der Waals surface area contributed by atoms with Gasteiger partial charge in [-0.05, 0) is 25.7 Å². The number of aliphatic imine (C=N–C) groups is 1. The SMILES string of the molecule is NC(N)=NCCCC(NC(=O)C1CCCN1C(=O)C(N)CS)C(=O)NCC(=O)O. The molecule has 9 N–H and O–H groups in total. The molecule has 164 valence electrons. The van der Waals surface area contributed by atoms with Crippen LogP contribution in [0.25, 0.3) is 0 Å². The van der Waals surface area contributed by atoms with Crippen LogP contribution in [0, 0.1) is 0 Å². The zero-order chi connectivity index (χ0) is 22.0. The average Bonchev–Trinajstić information content (AvgIpc) is 3.16. The number of likely N-dealkylation sites (tertiary alicyclic amines) is 1. The molecule has 0 saturated carbocycles. The Balaban J connectivity index is 2.79. The Hall–Kier alpha value is -2.54. The van der Waals surface area contributed by atoms with Gasteiger partial charge in [-0.15, -0.1) is 0 Å². The standard InChI is InChI=1S/C16H29N7O5S/c17-9(8-29)15(28)23-6-2-4-11(23)14(27)22-10(3-1-5-20-16(18)19)13(26)21-7-12(24)25/h9-11,29H,1-8,17H2,(H,21,26)(H,22,27)(H,24,25)(H4,18,19,20). The number of hydrogen-bond acceptors (Lipinski definition) is 7. The van der Waals surface area contributed by atoms with E-state index in [2.05, 4.69) is 28.3 Å². The highest BCUT2D eigenvalue weighted by atomic mass is 32.1. The van der Waals surface area contributed by atoms with E-state index >= 15 is 0 Å². The van der Waals surface area contributed by atoms with Gasteiger partial charge >= 0.3 is 5.97 Å². The third kappa shape index (κ3) is 8.15. The third-order valence-corrected chi connectivity index (χ3v) is 4.74. The first kappa shape index (κ1) is 24.5. The van der Waals surface area contributed by atoms with Gasteiger partial charge in [0, 0.05) is 18.8 Å². The Morgan fingerprint density at radius 2 is 1.97 bits per heavy atom. The molecule has 1 aliphatic heterocycles. The first-order chi connectivity index (χ1) is 13.7. The van der Waals surface area contributed by atoms with Crippen LogP contribution in [0.1, 0.15) is 25.7 Å². The average molecular weight is 432 g/mol. The molecule has 1 saturated heterocycles. The van der Waals surface area contributed by atoms with Gasteiger partial charge in [-0.3, -0.25) is 24.2 Å². The molecule has 1 heterocycles. The fourth-order valence-corrected chi connectivity index (χ4v) is 3.08. The van der Waals surface area contributed by atoms with Gasteiger partial charge in [-0.2, -0.15) is 12.6 Å². The van der Waals surface area contributed by atoms with E-state index in [1.54, 1.807) is 0 Å². The van der Waals surface area contributed by atoms with Crippen LogP contribution in [0.15, 0.2) is 4.99 Å². The topological polar surface area (TPSA) is 206 Å². The maximum Gasteiger partial charge on any atom is 0.322 e. The predicted molar refractivity (Wildman–Crippen MR) is 109 cm³/mol. The number of hydrogen-bond donors (Lipinski definition) is 7. The molecule has 0 spiro atoms. The molecular weight excluding hydrogens is 402 g/mol. The van der Waals surface area contributed by atoms with Crippen LogP contribution in [-0.2, 0) is 19.2 Å². The third-order valence-electron chi connectivity index (χ3n) is 4.34. The fourth-order valence-electron chi connectivity index (χ4n) is 2.92. The Kier molecular flexibility index (Phi) is 10.2. The lowest BCUT2D eigenvalue weighted by atomic mass is 10.1. The summed E-state index contributed by atoms with van der Waals surface area (Å²) in [6.45, 7) is 0.0501. The summed E-state index contributed by atoms with van der Waals surface area (Å²) < 4.78 is 0. The van der Waals surface area contributed by atoms with Crippen molar-refractivity contribution in [2.75, 3.05) is 25.4 Å². The Bertz CT molecular complexity index is 641. The van der Waals surface area contributed by atoms with Gasteiger partial charge < -0.3 is 37.8 Å². The van der Waals surface area contributed by atoms with Crippen LogP contribution >= 0.6 is 12.6 Å². The number of carboxylic acids is 1. The molecular formula is C16H29N7O5S. The van der Waals surface area contributed by atoms with E-state index in [0.29, 0.717) is 25.8 Å². The van der Waals surface area contributed by atoms with E-state index < -0.39 is 42.5 Å². The lowest BCUT2D eigenvalue weighted by Crippen LogP contribution is -2.55. The molecule has 0 aromatic rings. The van der Waals surface area contributed by atoms with Crippen molar-refractivity contribution in [3.8, 4) is 0 Å². The summed E-state index contributed by atoms with van der Waals surface area (Å²) in [6.07, 6.45) is 1.63.